The molecule has 0 aliphatic carbocycles. The van der Waals surface area contributed by atoms with E-state index in [1.165, 1.54) is 16.7 Å². The van der Waals surface area contributed by atoms with Gasteiger partial charge in [-0.25, -0.2) is 0 Å². The third-order valence-corrected chi connectivity index (χ3v) is 3.87. The number of phenolic OH excluding ortho intramolecular Hbond substituents is 1. The van der Waals surface area contributed by atoms with Gasteiger partial charge >= 0.3 is 0 Å². The lowest BCUT2D eigenvalue weighted by Gasteiger charge is -2.18. The van der Waals surface area contributed by atoms with Crippen molar-refractivity contribution in [2.24, 2.45) is 0 Å². The third kappa shape index (κ3) is 2.80. The molecule has 5 nitrogen and oxygen atoms in total. The molecule has 0 aliphatic rings. The summed E-state index contributed by atoms with van der Waals surface area (Å²) in [6.45, 7) is 3.91. The van der Waals surface area contributed by atoms with Crippen molar-refractivity contribution in [1.82, 2.24) is 4.57 Å². The molecule has 1 heterocycles. The lowest BCUT2D eigenvalue weighted by molar-refractivity contribution is 0.282. The van der Waals surface area contributed by atoms with Crippen LogP contribution in [0.3, 0.4) is 0 Å². The molecular weight excluding hydrogens is 306 g/mol. The molecule has 3 rings (SSSR count). The molecule has 24 heavy (non-hydrogen) atoms. The first-order chi connectivity index (χ1) is 11.5. The summed E-state index contributed by atoms with van der Waals surface area (Å²) in [6.07, 6.45) is 0. The van der Waals surface area contributed by atoms with Crippen molar-refractivity contribution in [1.29, 1.82) is 0 Å². The fourth-order valence-corrected chi connectivity index (χ4v) is 2.73. The van der Waals surface area contributed by atoms with Gasteiger partial charge in [-0.3, -0.25) is 4.79 Å². The van der Waals surface area contributed by atoms with E-state index >= 15 is 0 Å². The molecule has 0 bridgehead atoms. The molecule has 0 saturated carbocycles. The zero-order valence-corrected chi connectivity index (χ0v) is 13.6. The smallest absolute Gasteiger partial charge is 0.297 e. The highest BCUT2D eigenvalue weighted by Crippen LogP contribution is 2.34. The van der Waals surface area contributed by atoms with Crippen LogP contribution in [0.5, 0.6) is 17.2 Å². The Morgan fingerprint density at radius 2 is 1.79 bits per heavy atom. The normalized spacial score (nSPS) is 11.1. The van der Waals surface area contributed by atoms with E-state index in [4.69, 9.17) is 4.74 Å². The van der Waals surface area contributed by atoms with Crippen molar-refractivity contribution in [3.63, 3.8) is 0 Å². The second-order valence-electron chi connectivity index (χ2n) is 5.92. The first kappa shape index (κ1) is 15.9. The number of ether oxygens (including phenoxy) is 1. The summed E-state index contributed by atoms with van der Waals surface area (Å²) >= 11 is 0. The minimum absolute atomic E-state index is 0.0358. The van der Waals surface area contributed by atoms with E-state index in [-0.39, 0.29) is 29.9 Å². The molecule has 0 radical (unpaired) electrons. The number of pyridine rings is 1. The Kier molecular flexibility index (Phi) is 4.16. The van der Waals surface area contributed by atoms with Crippen LogP contribution in [0.4, 0.5) is 0 Å². The number of fused-ring (bicyclic) bond motifs is 1. The van der Waals surface area contributed by atoms with Gasteiger partial charge in [-0.05, 0) is 31.5 Å². The van der Waals surface area contributed by atoms with Crippen LogP contribution in [0.1, 0.15) is 25.5 Å². The van der Waals surface area contributed by atoms with Crippen LogP contribution in [0.15, 0.2) is 53.3 Å². The van der Waals surface area contributed by atoms with Crippen molar-refractivity contribution in [3.05, 3.63) is 64.4 Å². The van der Waals surface area contributed by atoms with E-state index < -0.39 is 5.56 Å². The Balaban J connectivity index is 2.14. The number of hydrogen-bond donors (Lipinski definition) is 2. The summed E-state index contributed by atoms with van der Waals surface area (Å²) in [7, 11) is 0. The van der Waals surface area contributed by atoms with E-state index in [0.29, 0.717) is 10.9 Å². The number of nitrogens with zero attached hydrogens (tertiary/aromatic N) is 1. The molecule has 0 amide bonds. The molecule has 2 N–H and O–H groups in total. The van der Waals surface area contributed by atoms with Crippen LogP contribution in [-0.2, 0) is 6.61 Å². The molecule has 3 aromatic rings. The Hall–Kier alpha value is -2.95. The van der Waals surface area contributed by atoms with Crippen molar-refractivity contribution in [3.8, 4) is 17.2 Å². The van der Waals surface area contributed by atoms with Crippen LogP contribution < -0.4 is 10.3 Å². The maximum atomic E-state index is 12.8. The standard InChI is InChI=1S/C19H19NO4/c1-12(2)20-16-10-14(21)8-9-15(16)17(22)18(19(20)23)24-11-13-6-4-3-5-7-13/h3-10,12,21-22H,11H2,1-2H3. The van der Waals surface area contributed by atoms with Crippen molar-refractivity contribution in [2.45, 2.75) is 26.5 Å². The average molecular weight is 325 g/mol. The van der Waals surface area contributed by atoms with Gasteiger partial charge in [-0.1, -0.05) is 30.3 Å². The largest absolute Gasteiger partial charge is 0.508 e. The van der Waals surface area contributed by atoms with Crippen LogP contribution in [0, 0.1) is 0 Å². The molecule has 0 spiro atoms. The van der Waals surface area contributed by atoms with Gasteiger partial charge in [-0.2, -0.15) is 0 Å². The van der Waals surface area contributed by atoms with Gasteiger partial charge in [0.25, 0.3) is 5.56 Å². The van der Waals surface area contributed by atoms with E-state index in [1.54, 1.807) is 6.07 Å². The lowest BCUT2D eigenvalue weighted by atomic mass is 10.1. The lowest BCUT2D eigenvalue weighted by Crippen LogP contribution is -2.24. The van der Waals surface area contributed by atoms with Gasteiger partial charge in [0.2, 0.25) is 5.75 Å². The molecule has 0 fully saturated rings. The second kappa shape index (κ2) is 6.28. The van der Waals surface area contributed by atoms with E-state index in [0.717, 1.165) is 5.56 Å². The van der Waals surface area contributed by atoms with E-state index in [1.807, 2.05) is 44.2 Å². The number of rotatable bonds is 4. The summed E-state index contributed by atoms with van der Waals surface area (Å²) in [4.78, 5) is 12.8. The Bertz CT molecular complexity index is 929. The van der Waals surface area contributed by atoms with Gasteiger partial charge in [0.1, 0.15) is 12.4 Å². The summed E-state index contributed by atoms with van der Waals surface area (Å²) < 4.78 is 7.15. The fourth-order valence-electron chi connectivity index (χ4n) is 2.73. The molecule has 0 unspecified atom stereocenters. The van der Waals surface area contributed by atoms with Crippen LogP contribution in [0.2, 0.25) is 0 Å². The number of hydrogen-bond acceptors (Lipinski definition) is 4. The summed E-state index contributed by atoms with van der Waals surface area (Å²) in [6, 6.07) is 13.8. The van der Waals surface area contributed by atoms with Gasteiger partial charge in [-0.15, -0.1) is 0 Å². The number of aromatic hydroxyl groups is 2. The van der Waals surface area contributed by atoms with Crippen LogP contribution >= 0.6 is 0 Å². The van der Waals surface area contributed by atoms with Gasteiger partial charge < -0.3 is 19.5 Å². The molecule has 0 aliphatic heterocycles. The average Bonchev–Trinajstić information content (AvgIpc) is 2.55. The minimum Gasteiger partial charge on any atom is -0.508 e. The number of phenols is 1. The highest BCUT2D eigenvalue weighted by molar-refractivity contribution is 5.88. The first-order valence-corrected chi connectivity index (χ1v) is 7.76. The van der Waals surface area contributed by atoms with Crippen molar-refractivity contribution < 1.29 is 14.9 Å². The number of aromatic nitrogens is 1. The van der Waals surface area contributed by atoms with Gasteiger partial charge in [0.05, 0.1) is 5.52 Å². The quantitative estimate of drug-likeness (QED) is 0.769. The topological polar surface area (TPSA) is 71.7 Å². The Morgan fingerprint density at radius 1 is 1.08 bits per heavy atom. The van der Waals surface area contributed by atoms with Gasteiger partial charge in [0, 0.05) is 17.5 Å². The highest BCUT2D eigenvalue weighted by Gasteiger charge is 2.19. The molecule has 0 atom stereocenters. The predicted molar refractivity (Wildman–Crippen MR) is 92.7 cm³/mol. The van der Waals surface area contributed by atoms with Crippen LogP contribution in [0.25, 0.3) is 10.9 Å². The maximum Gasteiger partial charge on any atom is 0.297 e. The molecule has 124 valence electrons. The molecule has 0 saturated heterocycles. The highest BCUT2D eigenvalue weighted by atomic mass is 16.5. The zero-order valence-electron chi connectivity index (χ0n) is 13.6. The fraction of sp³-hybridized carbons (Fsp3) is 0.211. The SMILES string of the molecule is CC(C)n1c(=O)c(OCc2ccccc2)c(O)c2ccc(O)cc21. The second-order valence-corrected chi connectivity index (χ2v) is 5.92. The zero-order chi connectivity index (χ0) is 17.3. The summed E-state index contributed by atoms with van der Waals surface area (Å²) in [5.41, 5.74) is 0.953. The molecular formula is C19H19NO4. The number of benzene rings is 2. The Morgan fingerprint density at radius 3 is 2.46 bits per heavy atom. The van der Waals surface area contributed by atoms with E-state index in [9.17, 15) is 15.0 Å². The monoisotopic (exact) mass is 325 g/mol. The summed E-state index contributed by atoms with van der Waals surface area (Å²) in [5.74, 6) is -0.248. The van der Waals surface area contributed by atoms with Crippen molar-refractivity contribution in [2.75, 3.05) is 0 Å². The van der Waals surface area contributed by atoms with Gasteiger partial charge in [0.15, 0.2) is 5.75 Å². The molecule has 1 aromatic heterocycles. The first-order valence-electron chi connectivity index (χ1n) is 7.76. The van der Waals surface area contributed by atoms with Crippen molar-refractivity contribution >= 4 is 10.9 Å². The summed E-state index contributed by atoms with van der Waals surface area (Å²) in [5, 5.41) is 20.7. The third-order valence-electron chi connectivity index (χ3n) is 3.87. The van der Waals surface area contributed by atoms with E-state index in [2.05, 4.69) is 0 Å². The maximum absolute atomic E-state index is 12.8. The Labute approximate surface area is 139 Å². The molecule has 2 aromatic carbocycles. The molecule has 5 heteroatoms. The van der Waals surface area contributed by atoms with Crippen LogP contribution in [-0.4, -0.2) is 14.8 Å². The predicted octanol–water partition coefficient (Wildman–Crippen LogP) is 3.57. The minimum atomic E-state index is -0.420.